The SMILES string of the molecule is CCCCCCCCCCCCCCCCCCCCCCC(=O)OC[C@H](COP(=O)(O)OCCN)OC(=O)CCCCCCCCCCCCC. The highest BCUT2D eigenvalue weighted by Crippen LogP contribution is 2.43. The Balaban J connectivity index is 4.02. The average Bonchev–Trinajstić information content (AvgIpc) is 3.13. The molecule has 0 aromatic rings. The van der Waals surface area contributed by atoms with Gasteiger partial charge < -0.3 is 20.1 Å². The lowest BCUT2D eigenvalue weighted by Crippen LogP contribution is -2.29. The molecule has 0 aromatic heterocycles. The Morgan fingerprint density at radius 2 is 0.827 bits per heavy atom. The number of ether oxygens (including phenoxy) is 2. The zero-order valence-corrected chi connectivity index (χ0v) is 35.0. The molecule has 52 heavy (non-hydrogen) atoms. The molecule has 0 aliphatic rings. The molecule has 0 amide bonds. The number of esters is 2. The van der Waals surface area contributed by atoms with Crippen LogP contribution in [0.5, 0.6) is 0 Å². The van der Waals surface area contributed by atoms with Crippen molar-refractivity contribution >= 4 is 19.8 Å². The molecule has 0 aromatic carbocycles. The Hall–Kier alpha value is -0.990. The Morgan fingerprint density at radius 1 is 0.500 bits per heavy atom. The second-order valence-corrected chi connectivity index (χ2v) is 16.4. The van der Waals surface area contributed by atoms with Gasteiger partial charge in [-0.15, -0.1) is 0 Å². The number of hydrogen-bond donors (Lipinski definition) is 2. The van der Waals surface area contributed by atoms with Gasteiger partial charge in [-0.3, -0.25) is 18.6 Å². The lowest BCUT2D eigenvalue weighted by molar-refractivity contribution is -0.161. The van der Waals surface area contributed by atoms with Crippen LogP contribution in [0.15, 0.2) is 0 Å². The lowest BCUT2D eigenvalue weighted by Gasteiger charge is -2.19. The minimum Gasteiger partial charge on any atom is -0.462 e. The van der Waals surface area contributed by atoms with Crippen molar-refractivity contribution in [3.05, 3.63) is 0 Å². The molecule has 10 heteroatoms. The molecule has 3 N–H and O–H groups in total. The Bertz CT molecular complexity index is 830. The number of phosphoric acid groups is 1. The number of rotatable bonds is 42. The predicted octanol–water partition coefficient (Wildman–Crippen LogP) is 12.4. The fourth-order valence-corrected chi connectivity index (χ4v) is 7.23. The Kier molecular flexibility index (Phi) is 38.9. The predicted molar refractivity (Wildman–Crippen MR) is 215 cm³/mol. The fraction of sp³-hybridized carbons (Fsp3) is 0.952. The number of hydrogen-bond acceptors (Lipinski definition) is 8. The van der Waals surface area contributed by atoms with Crippen LogP contribution in [-0.4, -0.2) is 49.3 Å². The normalized spacial score (nSPS) is 13.2. The molecule has 0 rings (SSSR count). The van der Waals surface area contributed by atoms with Gasteiger partial charge in [-0.05, 0) is 12.8 Å². The first-order valence-corrected chi connectivity index (χ1v) is 23.5. The third-order valence-corrected chi connectivity index (χ3v) is 10.7. The van der Waals surface area contributed by atoms with Crippen molar-refractivity contribution in [2.45, 2.75) is 232 Å². The summed E-state index contributed by atoms with van der Waals surface area (Å²) >= 11 is 0. The second-order valence-electron chi connectivity index (χ2n) is 14.9. The lowest BCUT2D eigenvalue weighted by atomic mass is 10.0. The van der Waals surface area contributed by atoms with E-state index in [1.165, 1.54) is 161 Å². The van der Waals surface area contributed by atoms with Gasteiger partial charge in [-0.1, -0.05) is 200 Å². The van der Waals surface area contributed by atoms with Gasteiger partial charge in [0.25, 0.3) is 0 Å². The van der Waals surface area contributed by atoms with Crippen molar-refractivity contribution in [2.24, 2.45) is 5.73 Å². The van der Waals surface area contributed by atoms with Crippen LogP contribution in [0.1, 0.15) is 226 Å². The fourth-order valence-electron chi connectivity index (χ4n) is 6.46. The quantitative estimate of drug-likeness (QED) is 0.0354. The molecule has 9 nitrogen and oxygen atoms in total. The first kappa shape index (κ1) is 51.0. The van der Waals surface area contributed by atoms with Gasteiger partial charge in [0.1, 0.15) is 6.61 Å². The van der Waals surface area contributed by atoms with E-state index in [1.54, 1.807) is 0 Å². The maximum Gasteiger partial charge on any atom is 0.472 e. The average molecular weight is 762 g/mol. The molecule has 0 bridgehead atoms. The van der Waals surface area contributed by atoms with Gasteiger partial charge in [0, 0.05) is 19.4 Å². The topological polar surface area (TPSA) is 134 Å². The summed E-state index contributed by atoms with van der Waals surface area (Å²) in [5.74, 6) is -0.814. The van der Waals surface area contributed by atoms with E-state index in [-0.39, 0.29) is 38.6 Å². The highest BCUT2D eigenvalue weighted by molar-refractivity contribution is 7.47. The maximum atomic E-state index is 12.5. The van der Waals surface area contributed by atoms with E-state index >= 15 is 0 Å². The van der Waals surface area contributed by atoms with Crippen molar-refractivity contribution in [1.29, 1.82) is 0 Å². The summed E-state index contributed by atoms with van der Waals surface area (Å²) in [6.07, 6.45) is 38.5. The van der Waals surface area contributed by atoms with Crippen LogP contribution >= 0.6 is 7.82 Å². The first-order valence-electron chi connectivity index (χ1n) is 22.0. The number of nitrogens with two attached hydrogens (primary N) is 1. The molecule has 310 valence electrons. The molecule has 0 radical (unpaired) electrons. The molecular weight excluding hydrogens is 677 g/mol. The van der Waals surface area contributed by atoms with Crippen molar-refractivity contribution in [1.82, 2.24) is 0 Å². The number of carbonyl (C=O) groups is 2. The highest BCUT2D eigenvalue weighted by Gasteiger charge is 2.26. The summed E-state index contributed by atoms with van der Waals surface area (Å²) in [6.45, 7) is 3.76. The number of unbranched alkanes of at least 4 members (excludes halogenated alkanes) is 29. The van der Waals surface area contributed by atoms with Crippen LogP contribution < -0.4 is 5.73 Å². The van der Waals surface area contributed by atoms with E-state index in [1.807, 2.05) is 0 Å². The van der Waals surface area contributed by atoms with Crippen LogP contribution in [0.2, 0.25) is 0 Å². The molecule has 0 saturated carbocycles. The van der Waals surface area contributed by atoms with Crippen molar-refractivity contribution in [2.75, 3.05) is 26.4 Å². The molecule has 0 spiro atoms. The smallest absolute Gasteiger partial charge is 0.462 e. The third kappa shape index (κ3) is 38.7. The van der Waals surface area contributed by atoms with E-state index in [9.17, 15) is 19.0 Å². The third-order valence-electron chi connectivity index (χ3n) is 9.74. The van der Waals surface area contributed by atoms with Crippen LogP contribution in [0.4, 0.5) is 0 Å². The minimum atomic E-state index is -4.36. The standard InChI is InChI=1S/C42H84NO8P/c1-3-5-7-9-11-13-15-16-17-18-19-20-21-22-23-25-26-28-30-32-34-41(44)48-38-40(39-50-52(46,47)49-37-36-43)51-42(45)35-33-31-29-27-24-14-12-10-8-6-4-2/h40H,3-39,43H2,1-2H3,(H,46,47)/t40-/m1/s1. The molecule has 1 unspecified atom stereocenters. The van der Waals surface area contributed by atoms with E-state index in [0.717, 1.165) is 32.1 Å². The van der Waals surface area contributed by atoms with E-state index in [2.05, 4.69) is 13.8 Å². The van der Waals surface area contributed by atoms with E-state index in [4.69, 9.17) is 24.3 Å². The summed E-state index contributed by atoms with van der Waals surface area (Å²) in [7, 11) is -4.36. The van der Waals surface area contributed by atoms with Gasteiger partial charge in [0.2, 0.25) is 0 Å². The van der Waals surface area contributed by atoms with Gasteiger partial charge in [-0.25, -0.2) is 4.57 Å². The second kappa shape index (κ2) is 39.7. The highest BCUT2D eigenvalue weighted by atomic mass is 31.2. The van der Waals surface area contributed by atoms with Crippen LogP contribution in [-0.2, 0) is 32.7 Å². The van der Waals surface area contributed by atoms with Gasteiger partial charge in [0.15, 0.2) is 6.10 Å². The molecular formula is C42H84NO8P. The molecule has 0 heterocycles. The zero-order valence-electron chi connectivity index (χ0n) is 34.1. The maximum absolute atomic E-state index is 12.5. The molecule has 0 saturated heterocycles. The van der Waals surface area contributed by atoms with Crippen LogP contribution in [0.25, 0.3) is 0 Å². The van der Waals surface area contributed by atoms with Gasteiger partial charge in [0.05, 0.1) is 13.2 Å². The van der Waals surface area contributed by atoms with Crippen molar-refractivity contribution in [3.8, 4) is 0 Å². The summed E-state index contributed by atoms with van der Waals surface area (Å²) in [5.41, 5.74) is 5.34. The number of carbonyl (C=O) groups excluding carboxylic acids is 2. The monoisotopic (exact) mass is 762 g/mol. The van der Waals surface area contributed by atoms with E-state index < -0.39 is 26.5 Å². The van der Waals surface area contributed by atoms with Crippen molar-refractivity contribution in [3.63, 3.8) is 0 Å². The van der Waals surface area contributed by atoms with Gasteiger partial charge in [-0.2, -0.15) is 0 Å². The zero-order chi connectivity index (χ0) is 38.2. The molecule has 0 aliphatic carbocycles. The van der Waals surface area contributed by atoms with Crippen molar-refractivity contribution < 1.29 is 37.6 Å². The summed E-state index contributed by atoms with van der Waals surface area (Å²) in [5, 5.41) is 0. The Labute approximate surface area is 320 Å². The van der Waals surface area contributed by atoms with Crippen LogP contribution in [0.3, 0.4) is 0 Å². The summed E-state index contributed by atoms with van der Waals surface area (Å²) in [4.78, 5) is 34.8. The molecule has 0 fully saturated rings. The van der Waals surface area contributed by atoms with E-state index in [0.29, 0.717) is 6.42 Å². The first-order chi connectivity index (χ1) is 25.3. The molecule has 0 aliphatic heterocycles. The largest absolute Gasteiger partial charge is 0.472 e. The minimum absolute atomic E-state index is 0.0579. The Morgan fingerprint density at radius 3 is 1.17 bits per heavy atom. The summed E-state index contributed by atoms with van der Waals surface area (Å²) < 4.78 is 32.7. The summed E-state index contributed by atoms with van der Waals surface area (Å²) in [6, 6.07) is 0. The van der Waals surface area contributed by atoms with Crippen LogP contribution in [0, 0.1) is 0 Å². The number of phosphoric ester groups is 1. The molecule has 2 atom stereocenters. The van der Waals surface area contributed by atoms with Gasteiger partial charge >= 0.3 is 19.8 Å².